The van der Waals surface area contributed by atoms with E-state index in [9.17, 15) is 9.18 Å². The van der Waals surface area contributed by atoms with E-state index in [2.05, 4.69) is 35.7 Å². The number of halogens is 2. The Balaban J connectivity index is 1.36. The minimum absolute atomic E-state index is 0.00364. The first-order chi connectivity index (χ1) is 13.6. The van der Waals surface area contributed by atoms with E-state index in [-0.39, 0.29) is 23.5 Å². The van der Waals surface area contributed by atoms with Crippen LogP contribution >= 0.6 is 11.6 Å². The zero-order chi connectivity index (χ0) is 19.5. The molecule has 1 fully saturated rings. The fraction of sp³-hybridized carbons (Fsp3) is 0.333. The van der Waals surface area contributed by atoms with Crippen molar-refractivity contribution in [3.8, 4) is 0 Å². The molecule has 28 heavy (non-hydrogen) atoms. The van der Waals surface area contributed by atoms with Gasteiger partial charge in [0.25, 0.3) is 0 Å². The molecular formula is C18H19ClFN7O. The smallest absolute Gasteiger partial charge is 0.239 e. The van der Waals surface area contributed by atoms with Crippen LogP contribution in [0.5, 0.6) is 0 Å². The number of piperidine rings is 1. The van der Waals surface area contributed by atoms with Gasteiger partial charge in [-0.1, -0.05) is 11.6 Å². The maximum Gasteiger partial charge on any atom is 0.239 e. The van der Waals surface area contributed by atoms with Crippen LogP contribution in [-0.2, 0) is 4.79 Å². The van der Waals surface area contributed by atoms with Gasteiger partial charge in [0.2, 0.25) is 5.91 Å². The first kappa shape index (κ1) is 18.4. The van der Waals surface area contributed by atoms with Gasteiger partial charge in [-0.15, -0.1) is 0 Å². The van der Waals surface area contributed by atoms with E-state index < -0.39 is 5.82 Å². The Morgan fingerprint density at radius 2 is 2.25 bits per heavy atom. The molecule has 0 unspecified atom stereocenters. The van der Waals surface area contributed by atoms with Gasteiger partial charge in [-0.25, -0.2) is 14.4 Å². The summed E-state index contributed by atoms with van der Waals surface area (Å²) in [5, 5.41) is 13.9. The second-order valence-electron chi connectivity index (χ2n) is 6.69. The highest BCUT2D eigenvalue weighted by atomic mass is 35.5. The molecule has 3 heterocycles. The highest BCUT2D eigenvalue weighted by Gasteiger charge is 2.24. The normalized spacial score (nSPS) is 16.9. The number of H-pyrrole nitrogens is 1. The Morgan fingerprint density at radius 3 is 3.11 bits per heavy atom. The topological polar surface area (TPSA) is 98.8 Å². The number of benzene rings is 1. The van der Waals surface area contributed by atoms with Crippen molar-refractivity contribution in [2.45, 2.75) is 18.9 Å². The van der Waals surface area contributed by atoms with Gasteiger partial charge in [0, 0.05) is 29.8 Å². The molecule has 146 valence electrons. The molecule has 3 aromatic rings. The van der Waals surface area contributed by atoms with Crippen LogP contribution in [0.15, 0.2) is 30.7 Å². The summed E-state index contributed by atoms with van der Waals surface area (Å²) in [6, 6.07) is 4.09. The van der Waals surface area contributed by atoms with Crippen molar-refractivity contribution >= 4 is 40.0 Å². The fourth-order valence-corrected chi connectivity index (χ4v) is 3.63. The van der Waals surface area contributed by atoms with Crippen molar-refractivity contribution in [2.24, 2.45) is 0 Å². The lowest BCUT2D eigenvalue weighted by atomic mass is 10.1. The third-order valence-electron chi connectivity index (χ3n) is 4.63. The van der Waals surface area contributed by atoms with Gasteiger partial charge in [-0.05, 0) is 31.0 Å². The average molecular weight is 404 g/mol. The molecule has 1 aliphatic rings. The molecule has 4 rings (SSSR count). The highest BCUT2D eigenvalue weighted by Crippen LogP contribution is 2.24. The van der Waals surface area contributed by atoms with E-state index in [1.807, 2.05) is 0 Å². The molecule has 3 N–H and O–H groups in total. The summed E-state index contributed by atoms with van der Waals surface area (Å²) in [6.45, 7) is 1.54. The zero-order valence-corrected chi connectivity index (χ0v) is 15.7. The Morgan fingerprint density at radius 1 is 1.36 bits per heavy atom. The van der Waals surface area contributed by atoms with Crippen molar-refractivity contribution in [3.63, 3.8) is 0 Å². The highest BCUT2D eigenvalue weighted by molar-refractivity contribution is 6.30. The first-order valence-electron chi connectivity index (χ1n) is 8.97. The van der Waals surface area contributed by atoms with Gasteiger partial charge in [0.15, 0.2) is 5.65 Å². The van der Waals surface area contributed by atoms with Crippen LogP contribution < -0.4 is 15.5 Å². The molecule has 1 aromatic carbocycles. The molecule has 0 radical (unpaired) electrons. The third kappa shape index (κ3) is 4.14. The van der Waals surface area contributed by atoms with E-state index in [0.717, 1.165) is 30.6 Å². The summed E-state index contributed by atoms with van der Waals surface area (Å²) in [4.78, 5) is 23.0. The Hall–Kier alpha value is -2.94. The van der Waals surface area contributed by atoms with Gasteiger partial charge in [-0.3, -0.25) is 9.89 Å². The van der Waals surface area contributed by atoms with Gasteiger partial charge in [0.05, 0.1) is 18.1 Å². The largest absolute Gasteiger partial charge is 0.376 e. The molecule has 1 saturated heterocycles. The lowest BCUT2D eigenvalue weighted by Gasteiger charge is -2.34. The SMILES string of the molecule is O=C(CNc1cc(F)cc(Cl)c1)N[C@@H]1CCCN(c2ncnc3[nH]ncc23)C1. The number of nitrogens with zero attached hydrogens (tertiary/aromatic N) is 4. The van der Waals surface area contributed by atoms with Gasteiger partial charge in [-0.2, -0.15) is 5.10 Å². The van der Waals surface area contributed by atoms with Crippen LogP contribution in [-0.4, -0.2) is 51.7 Å². The molecular weight excluding hydrogens is 385 g/mol. The lowest BCUT2D eigenvalue weighted by molar-refractivity contribution is -0.120. The quantitative estimate of drug-likeness (QED) is 0.604. The third-order valence-corrected chi connectivity index (χ3v) is 4.85. The Labute approximate surface area is 165 Å². The number of aromatic nitrogens is 4. The molecule has 0 bridgehead atoms. The standard InChI is InChI=1S/C18H19ClFN7O/c19-11-4-12(20)6-14(5-11)21-8-16(28)25-13-2-1-3-27(9-13)18-15-7-24-26-17(15)22-10-23-18/h4-7,10,13,21H,1-3,8-9H2,(H,25,28)(H,22,23,24,26)/t13-/m1/s1. The summed E-state index contributed by atoms with van der Waals surface area (Å²) in [7, 11) is 0. The number of hydrogen-bond acceptors (Lipinski definition) is 6. The molecule has 8 nitrogen and oxygen atoms in total. The number of rotatable bonds is 5. The molecule has 1 atom stereocenters. The summed E-state index contributed by atoms with van der Waals surface area (Å²) in [6.07, 6.45) is 5.03. The number of aromatic amines is 1. The molecule has 0 aliphatic carbocycles. The maximum atomic E-state index is 13.4. The minimum Gasteiger partial charge on any atom is -0.376 e. The number of amides is 1. The number of carbonyl (C=O) groups is 1. The fourth-order valence-electron chi connectivity index (χ4n) is 3.41. The van der Waals surface area contributed by atoms with Crippen LogP contribution in [0.3, 0.4) is 0 Å². The van der Waals surface area contributed by atoms with E-state index in [1.165, 1.54) is 18.5 Å². The van der Waals surface area contributed by atoms with Gasteiger partial charge < -0.3 is 15.5 Å². The van der Waals surface area contributed by atoms with Crippen molar-refractivity contribution < 1.29 is 9.18 Å². The average Bonchev–Trinajstić information content (AvgIpc) is 3.15. The van der Waals surface area contributed by atoms with E-state index >= 15 is 0 Å². The maximum absolute atomic E-state index is 13.4. The van der Waals surface area contributed by atoms with Crippen molar-refractivity contribution in [1.82, 2.24) is 25.5 Å². The number of carbonyl (C=O) groups excluding carboxylic acids is 1. The second kappa shape index (κ2) is 7.97. The van der Waals surface area contributed by atoms with E-state index in [1.54, 1.807) is 12.3 Å². The monoisotopic (exact) mass is 403 g/mol. The number of hydrogen-bond donors (Lipinski definition) is 3. The Bertz CT molecular complexity index is 975. The predicted octanol–water partition coefficient (Wildman–Crippen LogP) is 2.34. The van der Waals surface area contributed by atoms with Gasteiger partial charge >= 0.3 is 0 Å². The van der Waals surface area contributed by atoms with Crippen LogP contribution in [0.1, 0.15) is 12.8 Å². The van der Waals surface area contributed by atoms with Crippen LogP contribution in [0.2, 0.25) is 5.02 Å². The summed E-state index contributed by atoms with van der Waals surface area (Å²) >= 11 is 5.83. The van der Waals surface area contributed by atoms with Crippen molar-refractivity contribution in [2.75, 3.05) is 29.9 Å². The molecule has 1 aliphatic heterocycles. The van der Waals surface area contributed by atoms with E-state index in [0.29, 0.717) is 17.9 Å². The molecule has 0 spiro atoms. The number of fused-ring (bicyclic) bond motifs is 1. The number of anilines is 2. The van der Waals surface area contributed by atoms with Crippen molar-refractivity contribution in [3.05, 3.63) is 41.6 Å². The summed E-state index contributed by atoms with van der Waals surface area (Å²) in [5.41, 5.74) is 1.16. The minimum atomic E-state index is -0.450. The summed E-state index contributed by atoms with van der Waals surface area (Å²) < 4.78 is 13.4. The Kier molecular flexibility index (Phi) is 5.25. The summed E-state index contributed by atoms with van der Waals surface area (Å²) in [5.74, 6) is 0.197. The van der Waals surface area contributed by atoms with Gasteiger partial charge in [0.1, 0.15) is 18.0 Å². The van der Waals surface area contributed by atoms with Crippen LogP contribution in [0.4, 0.5) is 15.9 Å². The van der Waals surface area contributed by atoms with Crippen LogP contribution in [0, 0.1) is 5.82 Å². The number of nitrogens with one attached hydrogen (secondary N) is 3. The second-order valence-corrected chi connectivity index (χ2v) is 7.13. The molecule has 10 heteroatoms. The first-order valence-corrected chi connectivity index (χ1v) is 9.34. The predicted molar refractivity (Wildman–Crippen MR) is 105 cm³/mol. The molecule has 1 amide bonds. The van der Waals surface area contributed by atoms with E-state index in [4.69, 9.17) is 11.6 Å². The van der Waals surface area contributed by atoms with Crippen molar-refractivity contribution in [1.29, 1.82) is 0 Å². The molecule has 2 aromatic heterocycles. The molecule has 0 saturated carbocycles. The van der Waals surface area contributed by atoms with Crippen LogP contribution in [0.25, 0.3) is 11.0 Å². The zero-order valence-electron chi connectivity index (χ0n) is 15.0. The lowest BCUT2D eigenvalue weighted by Crippen LogP contribution is -2.49.